The number of nitrogens with one attached hydrogen (secondary N) is 1. The Balaban J connectivity index is 1.54. The number of rotatable bonds is 1. The average molecular weight is 224 g/mol. The van der Waals surface area contributed by atoms with Gasteiger partial charge >= 0.3 is 0 Å². The number of likely N-dealkylation sites (tertiary alicyclic amines) is 1. The van der Waals surface area contributed by atoms with Crippen LogP contribution < -0.4 is 5.32 Å². The summed E-state index contributed by atoms with van der Waals surface area (Å²) in [5, 5.41) is 3.29. The molecule has 90 valence electrons. The lowest BCUT2D eigenvalue weighted by Crippen LogP contribution is -2.54. The first-order chi connectivity index (χ1) is 7.79. The lowest BCUT2D eigenvalue weighted by molar-refractivity contribution is -0.154. The van der Waals surface area contributed by atoms with E-state index in [-0.39, 0.29) is 6.04 Å². The number of hydrogen-bond acceptors (Lipinski definition) is 3. The van der Waals surface area contributed by atoms with Crippen LogP contribution in [0.25, 0.3) is 0 Å². The maximum Gasteiger partial charge on any atom is 0.239 e. The molecule has 0 aromatic heterocycles. The van der Waals surface area contributed by atoms with Crippen LogP contribution in [0.1, 0.15) is 25.7 Å². The molecule has 3 heterocycles. The van der Waals surface area contributed by atoms with Crippen molar-refractivity contribution in [3.63, 3.8) is 0 Å². The van der Waals surface area contributed by atoms with Crippen LogP contribution in [-0.2, 0) is 9.53 Å². The van der Waals surface area contributed by atoms with Crippen LogP contribution >= 0.6 is 0 Å². The van der Waals surface area contributed by atoms with Crippen LogP contribution in [0, 0.1) is 5.41 Å². The van der Waals surface area contributed by atoms with Crippen LogP contribution in [0.5, 0.6) is 0 Å². The highest BCUT2D eigenvalue weighted by Crippen LogP contribution is 2.38. The number of carbonyl (C=O) groups excluding carboxylic acids is 1. The van der Waals surface area contributed by atoms with Gasteiger partial charge in [-0.05, 0) is 32.2 Å². The molecular weight excluding hydrogens is 204 g/mol. The fourth-order valence-electron chi connectivity index (χ4n) is 3.00. The minimum absolute atomic E-state index is 0.103. The predicted octanol–water partition coefficient (Wildman–Crippen LogP) is 0.377. The predicted molar refractivity (Wildman–Crippen MR) is 60.1 cm³/mol. The molecule has 0 aromatic rings. The van der Waals surface area contributed by atoms with Gasteiger partial charge in [-0.1, -0.05) is 0 Å². The van der Waals surface area contributed by atoms with Crippen molar-refractivity contribution in [2.75, 3.05) is 32.8 Å². The molecule has 4 nitrogen and oxygen atoms in total. The van der Waals surface area contributed by atoms with Crippen molar-refractivity contribution in [3.05, 3.63) is 0 Å². The van der Waals surface area contributed by atoms with Crippen molar-refractivity contribution in [3.8, 4) is 0 Å². The van der Waals surface area contributed by atoms with Gasteiger partial charge in [0, 0.05) is 18.5 Å². The Morgan fingerprint density at radius 3 is 2.56 bits per heavy atom. The van der Waals surface area contributed by atoms with Gasteiger partial charge in [-0.3, -0.25) is 4.79 Å². The van der Waals surface area contributed by atoms with Gasteiger partial charge in [-0.15, -0.1) is 0 Å². The van der Waals surface area contributed by atoms with E-state index < -0.39 is 0 Å². The zero-order chi connectivity index (χ0) is 11.0. The van der Waals surface area contributed by atoms with Gasteiger partial charge in [0.15, 0.2) is 0 Å². The molecule has 1 spiro atoms. The first-order valence-corrected chi connectivity index (χ1v) is 6.39. The van der Waals surface area contributed by atoms with Gasteiger partial charge in [0.05, 0.1) is 19.3 Å². The smallest absolute Gasteiger partial charge is 0.239 e. The molecule has 1 amide bonds. The first-order valence-electron chi connectivity index (χ1n) is 6.39. The molecule has 1 atom stereocenters. The number of carbonyl (C=O) groups is 1. The maximum atomic E-state index is 12.1. The fourth-order valence-corrected chi connectivity index (χ4v) is 3.00. The Morgan fingerprint density at radius 1 is 1.31 bits per heavy atom. The van der Waals surface area contributed by atoms with E-state index in [0.717, 1.165) is 58.5 Å². The number of ether oxygens (including phenoxy) is 1. The third-order valence-electron chi connectivity index (χ3n) is 4.31. The largest absolute Gasteiger partial charge is 0.380 e. The molecule has 1 unspecified atom stereocenters. The molecule has 4 heteroatoms. The van der Waals surface area contributed by atoms with E-state index in [1.807, 2.05) is 4.90 Å². The van der Waals surface area contributed by atoms with E-state index in [9.17, 15) is 4.79 Å². The van der Waals surface area contributed by atoms with Crippen molar-refractivity contribution >= 4 is 5.91 Å². The van der Waals surface area contributed by atoms with E-state index in [1.54, 1.807) is 0 Å². The van der Waals surface area contributed by atoms with Crippen LogP contribution in [0.2, 0.25) is 0 Å². The van der Waals surface area contributed by atoms with Crippen molar-refractivity contribution in [1.82, 2.24) is 10.2 Å². The van der Waals surface area contributed by atoms with Gasteiger partial charge in [-0.2, -0.15) is 0 Å². The third kappa shape index (κ3) is 1.74. The number of amides is 1. The Kier molecular flexibility index (Phi) is 2.64. The van der Waals surface area contributed by atoms with Crippen LogP contribution in [0.4, 0.5) is 0 Å². The molecule has 3 aliphatic heterocycles. The molecule has 3 fully saturated rings. The van der Waals surface area contributed by atoms with Gasteiger partial charge in [0.1, 0.15) is 0 Å². The summed E-state index contributed by atoms with van der Waals surface area (Å²) in [5.41, 5.74) is 0.430. The highest BCUT2D eigenvalue weighted by molar-refractivity contribution is 5.82. The monoisotopic (exact) mass is 224 g/mol. The SMILES string of the molecule is O=C(C1CCCN1)N1CCC2(CC1)COC2. The molecule has 3 saturated heterocycles. The summed E-state index contributed by atoms with van der Waals surface area (Å²) in [4.78, 5) is 14.2. The minimum Gasteiger partial charge on any atom is -0.380 e. The van der Waals surface area contributed by atoms with Crippen molar-refractivity contribution in [2.24, 2.45) is 5.41 Å². The lowest BCUT2D eigenvalue weighted by Gasteiger charge is -2.47. The summed E-state index contributed by atoms with van der Waals surface area (Å²) in [6, 6.07) is 0.103. The van der Waals surface area contributed by atoms with Gasteiger partial charge in [0.2, 0.25) is 5.91 Å². The van der Waals surface area contributed by atoms with E-state index in [2.05, 4.69) is 5.32 Å². The second-order valence-electron chi connectivity index (χ2n) is 5.47. The van der Waals surface area contributed by atoms with Gasteiger partial charge in [0.25, 0.3) is 0 Å². The summed E-state index contributed by atoms with van der Waals surface area (Å²) >= 11 is 0. The van der Waals surface area contributed by atoms with Crippen LogP contribution in [0.15, 0.2) is 0 Å². The molecule has 1 N–H and O–H groups in total. The molecule has 3 rings (SSSR count). The van der Waals surface area contributed by atoms with Crippen molar-refractivity contribution in [1.29, 1.82) is 0 Å². The summed E-state index contributed by atoms with van der Waals surface area (Å²) in [7, 11) is 0. The van der Waals surface area contributed by atoms with E-state index in [1.165, 1.54) is 0 Å². The number of piperidine rings is 1. The molecule has 16 heavy (non-hydrogen) atoms. The van der Waals surface area contributed by atoms with Crippen molar-refractivity contribution < 1.29 is 9.53 Å². The Labute approximate surface area is 96.3 Å². The zero-order valence-electron chi connectivity index (χ0n) is 9.71. The van der Waals surface area contributed by atoms with Gasteiger partial charge in [-0.25, -0.2) is 0 Å². The third-order valence-corrected chi connectivity index (χ3v) is 4.31. The van der Waals surface area contributed by atoms with Gasteiger partial charge < -0.3 is 15.0 Å². The average Bonchev–Trinajstić information content (AvgIpc) is 2.80. The second kappa shape index (κ2) is 4.00. The lowest BCUT2D eigenvalue weighted by atomic mass is 9.77. The normalized spacial score (nSPS) is 32.8. The summed E-state index contributed by atoms with van der Waals surface area (Å²) in [6.07, 6.45) is 4.42. The topological polar surface area (TPSA) is 41.6 Å². The Bertz CT molecular complexity index is 273. The molecule has 0 radical (unpaired) electrons. The molecular formula is C12H20N2O2. The highest BCUT2D eigenvalue weighted by atomic mass is 16.5. The minimum atomic E-state index is 0.103. The van der Waals surface area contributed by atoms with E-state index >= 15 is 0 Å². The van der Waals surface area contributed by atoms with Crippen LogP contribution in [0.3, 0.4) is 0 Å². The standard InChI is InChI=1S/C12H20N2O2/c15-11(10-2-1-5-13-10)14-6-3-12(4-7-14)8-16-9-12/h10,13H,1-9H2. The molecule has 0 bridgehead atoms. The van der Waals surface area contributed by atoms with E-state index in [0.29, 0.717) is 11.3 Å². The Hall–Kier alpha value is -0.610. The number of hydrogen-bond donors (Lipinski definition) is 1. The fraction of sp³-hybridized carbons (Fsp3) is 0.917. The number of nitrogens with zero attached hydrogens (tertiary/aromatic N) is 1. The molecule has 3 aliphatic rings. The maximum absolute atomic E-state index is 12.1. The molecule has 0 saturated carbocycles. The van der Waals surface area contributed by atoms with E-state index in [4.69, 9.17) is 4.74 Å². The summed E-state index contributed by atoms with van der Waals surface area (Å²) < 4.78 is 5.30. The Morgan fingerprint density at radius 2 is 2.06 bits per heavy atom. The van der Waals surface area contributed by atoms with Crippen molar-refractivity contribution in [2.45, 2.75) is 31.7 Å². The highest BCUT2D eigenvalue weighted by Gasteiger charge is 2.42. The van der Waals surface area contributed by atoms with Crippen LogP contribution in [-0.4, -0.2) is 49.7 Å². The molecule has 0 aromatic carbocycles. The zero-order valence-corrected chi connectivity index (χ0v) is 9.71. The summed E-state index contributed by atoms with van der Waals surface area (Å²) in [5.74, 6) is 0.326. The summed E-state index contributed by atoms with van der Waals surface area (Å²) in [6.45, 7) is 4.69. The molecule has 0 aliphatic carbocycles. The second-order valence-corrected chi connectivity index (χ2v) is 5.47. The quantitative estimate of drug-likeness (QED) is 0.700. The first kappa shape index (κ1) is 10.5.